The Morgan fingerprint density at radius 2 is 2.24 bits per heavy atom. The van der Waals surface area contributed by atoms with E-state index in [1.807, 2.05) is 13.8 Å². The zero-order valence-corrected chi connectivity index (χ0v) is 14.9. The van der Waals surface area contributed by atoms with Gasteiger partial charge in [0.1, 0.15) is 19.1 Å². The fourth-order valence-electron chi connectivity index (χ4n) is 2.97. The van der Waals surface area contributed by atoms with Crippen LogP contribution in [0.4, 0.5) is 8.78 Å². The summed E-state index contributed by atoms with van der Waals surface area (Å²) in [5, 5.41) is 4.59. The van der Waals surface area contributed by atoms with Crippen molar-refractivity contribution in [2.45, 2.75) is 38.5 Å². The molecule has 0 amide bonds. The third-order valence-electron chi connectivity index (χ3n) is 4.30. The van der Waals surface area contributed by atoms with Crippen LogP contribution in [0.5, 0.6) is 0 Å². The van der Waals surface area contributed by atoms with Crippen molar-refractivity contribution in [1.29, 1.82) is 0 Å². The zero-order chi connectivity index (χ0) is 18.0. The van der Waals surface area contributed by atoms with Crippen LogP contribution in [0.1, 0.15) is 32.1 Å². The summed E-state index contributed by atoms with van der Waals surface area (Å²) in [6.45, 7) is 4.18. The second kappa shape index (κ2) is 7.35. The number of aromatic nitrogens is 3. The van der Waals surface area contributed by atoms with Gasteiger partial charge in [-0.15, -0.1) is 0 Å². The highest BCUT2D eigenvalue weighted by atomic mass is 35.5. The second-order valence-corrected chi connectivity index (χ2v) is 6.83. The number of ether oxygens (including phenoxy) is 2. The van der Waals surface area contributed by atoms with E-state index in [2.05, 4.69) is 10.1 Å². The first-order valence-corrected chi connectivity index (χ1v) is 8.48. The number of nitrogens with zero attached hydrogens (tertiary/aromatic N) is 3. The summed E-state index contributed by atoms with van der Waals surface area (Å²) in [7, 11) is 0. The van der Waals surface area contributed by atoms with Gasteiger partial charge in [0, 0.05) is 12.2 Å². The largest absolute Gasteiger partial charge is 0.373 e. The van der Waals surface area contributed by atoms with E-state index in [0.29, 0.717) is 23.8 Å². The van der Waals surface area contributed by atoms with Crippen LogP contribution >= 0.6 is 11.6 Å². The average Bonchev–Trinajstić information content (AvgIpc) is 3.13. The van der Waals surface area contributed by atoms with E-state index in [9.17, 15) is 8.78 Å². The van der Waals surface area contributed by atoms with E-state index >= 15 is 0 Å². The number of hydrogen-bond donors (Lipinski definition) is 0. The molecule has 1 unspecified atom stereocenters. The van der Waals surface area contributed by atoms with Gasteiger partial charge in [-0.25, -0.2) is 18.4 Å². The first-order chi connectivity index (χ1) is 11.9. The first-order valence-electron chi connectivity index (χ1n) is 8.11. The summed E-state index contributed by atoms with van der Waals surface area (Å²) < 4.78 is 38.6. The second-order valence-electron chi connectivity index (χ2n) is 6.42. The molecule has 0 saturated carbocycles. The fourth-order valence-corrected chi connectivity index (χ4v) is 3.15. The van der Waals surface area contributed by atoms with Gasteiger partial charge in [-0.1, -0.05) is 11.6 Å². The summed E-state index contributed by atoms with van der Waals surface area (Å²) >= 11 is 5.86. The summed E-state index contributed by atoms with van der Waals surface area (Å²) in [5.74, 6) is 0.498. The van der Waals surface area contributed by atoms with E-state index in [0.717, 1.165) is 6.42 Å². The van der Waals surface area contributed by atoms with Crippen molar-refractivity contribution >= 4 is 11.6 Å². The molecule has 1 aromatic heterocycles. The Bertz CT molecular complexity index is 751. The van der Waals surface area contributed by atoms with Gasteiger partial charge in [0.05, 0.1) is 23.3 Å². The fraction of sp³-hybridized carbons (Fsp3) is 0.529. The molecule has 0 bridgehead atoms. The van der Waals surface area contributed by atoms with Crippen molar-refractivity contribution in [2.75, 3.05) is 19.9 Å². The van der Waals surface area contributed by atoms with Crippen LogP contribution in [-0.4, -0.2) is 40.3 Å². The van der Waals surface area contributed by atoms with Gasteiger partial charge in [-0.05, 0) is 38.5 Å². The Hall–Kier alpha value is -1.57. The van der Waals surface area contributed by atoms with Crippen molar-refractivity contribution in [3.63, 3.8) is 0 Å². The Morgan fingerprint density at radius 3 is 2.88 bits per heavy atom. The van der Waals surface area contributed by atoms with Gasteiger partial charge in [-0.2, -0.15) is 5.10 Å². The van der Waals surface area contributed by atoms with Crippen molar-refractivity contribution in [3.05, 3.63) is 34.9 Å². The maximum atomic E-state index is 13.4. The van der Waals surface area contributed by atoms with Crippen molar-refractivity contribution < 1.29 is 18.3 Å². The topological polar surface area (TPSA) is 49.2 Å². The van der Waals surface area contributed by atoms with E-state index in [4.69, 9.17) is 21.1 Å². The molecule has 2 aromatic rings. The average molecular weight is 372 g/mol. The van der Waals surface area contributed by atoms with Crippen LogP contribution in [0.25, 0.3) is 11.4 Å². The zero-order valence-electron chi connectivity index (χ0n) is 14.1. The molecule has 0 radical (unpaired) electrons. The molecule has 0 N–H and O–H groups in total. The molecule has 1 aliphatic heterocycles. The lowest BCUT2D eigenvalue weighted by Crippen LogP contribution is -2.31. The van der Waals surface area contributed by atoms with Crippen LogP contribution in [-0.2, 0) is 16.1 Å². The summed E-state index contributed by atoms with van der Waals surface area (Å²) in [6.07, 6.45) is 0.788. The summed E-state index contributed by atoms with van der Waals surface area (Å²) in [4.78, 5) is 4.50. The van der Waals surface area contributed by atoms with Crippen LogP contribution < -0.4 is 0 Å². The number of halogens is 3. The third kappa shape index (κ3) is 3.83. The summed E-state index contributed by atoms with van der Waals surface area (Å²) in [5.41, 5.74) is 0.203. The minimum atomic E-state index is -0.563. The number of rotatable bonds is 6. The molecule has 3 rings (SSSR count). The molecule has 8 heteroatoms. The minimum Gasteiger partial charge on any atom is -0.373 e. The smallest absolute Gasteiger partial charge is 0.181 e. The van der Waals surface area contributed by atoms with E-state index in [1.54, 1.807) is 10.7 Å². The molecular formula is C17H20ClF2N3O2. The van der Waals surface area contributed by atoms with Crippen LogP contribution in [0.15, 0.2) is 18.2 Å². The third-order valence-corrected chi connectivity index (χ3v) is 4.59. The lowest BCUT2D eigenvalue weighted by Gasteiger charge is -2.26. The molecule has 1 fully saturated rings. The van der Waals surface area contributed by atoms with Gasteiger partial charge in [0.2, 0.25) is 0 Å². The number of alkyl halides is 1. The highest BCUT2D eigenvalue weighted by Crippen LogP contribution is 2.36. The Morgan fingerprint density at radius 1 is 1.44 bits per heavy atom. The molecule has 1 atom stereocenters. The first kappa shape index (κ1) is 18.2. The van der Waals surface area contributed by atoms with E-state index in [1.165, 1.54) is 12.1 Å². The van der Waals surface area contributed by atoms with Crippen molar-refractivity contribution in [3.8, 4) is 11.4 Å². The molecule has 2 heterocycles. The van der Waals surface area contributed by atoms with Crippen LogP contribution in [0.2, 0.25) is 5.02 Å². The van der Waals surface area contributed by atoms with Crippen molar-refractivity contribution in [1.82, 2.24) is 14.8 Å². The van der Waals surface area contributed by atoms with E-state index in [-0.39, 0.29) is 24.3 Å². The highest BCUT2D eigenvalue weighted by Gasteiger charge is 2.39. The SMILES string of the molecule is CC1(C)OCCC1n1nc(-c2ccc(F)c(Cl)c2)nc1COCCF. The van der Waals surface area contributed by atoms with Gasteiger partial charge >= 0.3 is 0 Å². The molecule has 25 heavy (non-hydrogen) atoms. The number of benzene rings is 1. The molecular weight excluding hydrogens is 352 g/mol. The highest BCUT2D eigenvalue weighted by molar-refractivity contribution is 6.31. The van der Waals surface area contributed by atoms with Gasteiger partial charge < -0.3 is 9.47 Å². The quantitative estimate of drug-likeness (QED) is 0.721. The molecule has 136 valence electrons. The molecule has 1 saturated heterocycles. The molecule has 1 aliphatic rings. The predicted molar refractivity (Wildman–Crippen MR) is 89.7 cm³/mol. The maximum absolute atomic E-state index is 13.4. The van der Waals surface area contributed by atoms with Gasteiger partial charge in [0.15, 0.2) is 11.6 Å². The lowest BCUT2D eigenvalue weighted by atomic mass is 9.99. The monoisotopic (exact) mass is 371 g/mol. The molecule has 0 aliphatic carbocycles. The number of hydrogen-bond acceptors (Lipinski definition) is 4. The standard InChI is InChI=1S/C17H20ClF2N3O2/c1-17(2)14(5-7-25-17)23-15(10-24-8-6-19)21-16(22-23)11-3-4-13(20)12(18)9-11/h3-4,9,14H,5-8,10H2,1-2H3. The van der Waals surface area contributed by atoms with Crippen LogP contribution in [0, 0.1) is 5.82 Å². The van der Waals surface area contributed by atoms with Crippen LogP contribution in [0.3, 0.4) is 0 Å². The predicted octanol–water partition coefficient (Wildman–Crippen LogP) is 3.96. The van der Waals surface area contributed by atoms with E-state index < -0.39 is 18.1 Å². The van der Waals surface area contributed by atoms with Crippen molar-refractivity contribution in [2.24, 2.45) is 0 Å². The lowest BCUT2D eigenvalue weighted by molar-refractivity contribution is 0.00921. The Kier molecular flexibility index (Phi) is 5.36. The molecule has 0 spiro atoms. The molecule has 5 nitrogen and oxygen atoms in total. The summed E-state index contributed by atoms with van der Waals surface area (Å²) in [6, 6.07) is 4.32. The molecule has 1 aromatic carbocycles. The minimum absolute atomic E-state index is 0.00483. The van der Waals surface area contributed by atoms with Gasteiger partial charge in [-0.3, -0.25) is 0 Å². The Labute approximate surface area is 149 Å². The Balaban J connectivity index is 1.97. The van der Waals surface area contributed by atoms with Gasteiger partial charge in [0.25, 0.3) is 0 Å². The maximum Gasteiger partial charge on any atom is 0.181 e. The normalized spacial score (nSPS) is 19.5.